The van der Waals surface area contributed by atoms with Gasteiger partial charge in [-0.25, -0.2) is 4.79 Å². The summed E-state index contributed by atoms with van der Waals surface area (Å²) < 4.78 is 0. The molecule has 1 heterocycles. The number of anilines is 1. The molecule has 2 aromatic rings. The van der Waals surface area contributed by atoms with Crippen molar-refractivity contribution >= 4 is 28.2 Å². The van der Waals surface area contributed by atoms with E-state index in [1.165, 1.54) is 11.3 Å². The fraction of sp³-hybridized carbons (Fsp3) is 0.368. The van der Waals surface area contributed by atoms with Crippen molar-refractivity contribution in [2.75, 3.05) is 5.32 Å². The number of carbonyl (C=O) groups is 2. The monoisotopic (exact) mass is 345 g/mol. The van der Waals surface area contributed by atoms with Crippen LogP contribution in [0.2, 0.25) is 0 Å². The Morgan fingerprint density at radius 2 is 1.71 bits per heavy atom. The first-order valence-corrected chi connectivity index (χ1v) is 8.95. The zero-order valence-electron chi connectivity index (χ0n) is 14.5. The maximum atomic E-state index is 12.4. The van der Waals surface area contributed by atoms with E-state index in [-0.39, 0.29) is 17.4 Å². The van der Waals surface area contributed by atoms with E-state index in [1.54, 1.807) is 0 Å². The van der Waals surface area contributed by atoms with Gasteiger partial charge >= 0.3 is 5.97 Å². The second kappa shape index (κ2) is 7.62. The van der Waals surface area contributed by atoms with E-state index in [0.29, 0.717) is 10.6 Å². The third-order valence-electron chi connectivity index (χ3n) is 4.23. The second-order valence-corrected chi connectivity index (χ2v) is 7.14. The number of aromatic carboxylic acids is 1. The van der Waals surface area contributed by atoms with Crippen molar-refractivity contribution in [3.05, 3.63) is 40.3 Å². The predicted octanol–water partition coefficient (Wildman–Crippen LogP) is 5.10. The Morgan fingerprint density at radius 1 is 1.12 bits per heavy atom. The molecule has 2 N–H and O–H groups in total. The van der Waals surface area contributed by atoms with Crippen molar-refractivity contribution in [2.45, 2.75) is 40.5 Å². The highest BCUT2D eigenvalue weighted by Crippen LogP contribution is 2.40. The van der Waals surface area contributed by atoms with Crippen molar-refractivity contribution in [3.8, 4) is 11.1 Å². The topological polar surface area (TPSA) is 66.4 Å². The van der Waals surface area contributed by atoms with Crippen LogP contribution >= 0.6 is 11.3 Å². The second-order valence-electron chi connectivity index (χ2n) is 5.91. The number of hydrogen-bond acceptors (Lipinski definition) is 3. The third-order valence-corrected chi connectivity index (χ3v) is 5.25. The van der Waals surface area contributed by atoms with E-state index in [9.17, 15) is 14.7 Å². The summed E-state index contributed by atoms with van der Waals surface area (Å²) in [7, 11) is 0. The number of carboxylic acids is 1. The summed E-state index contributed by atoms with van der Waals surface area (Å²) in [5, 5.41) is 13.0. The normalized spacial score (nSPS) is 10.9. The molecule has 4 nitrogen and oxygen atoms in total. The van der Waals surface area contributed by atoms with Crippen molar-refractivity contribution in [1.82, 2.24) is 0 Å². The summed E-state index contributed by atoms with van der Waals surface area (Å²) in [4.78, 5) is 25.1. The molecule has 0 unspecified atom stereocenters. The van der Waals surface area contributed by atoms with E-state index in [2.05, 4.69) is 5.32 Å². The minimum absolute atomic E-state index is 0.100. The lowest BCUT2D eigenvalue weighted by Gasteiger charge is -2.12. The van der Waals surface area contributed by atoms with E-state index >= 15 is 0 Å². The summed E-state index contributed by atoms with van der Waals surface area (Å²) in [5.41, 5.74) is 2.84. The summed E-state index contributed by atoms with van der Waals surface area (Å²) in [6.07, 6.45) is 1.47. The molecule has 2 rings (SSSR count). The molecule has 0 aliphatic carbocycles. The van der Waals surface area contributed by atoms with Crippen molar-refractivity contribution in [3.63, 3.8) is 0 Å². The molecule has 128 valence electrons. The highest BCUT2D eigenvalue weighted by atomic mass is 32.1. The van der Waals surface area contributed by atoms with Crippen LogP contribution in [-0.2, 0) is 4.79 Å². The Balaban J connectivity index is 2.47. The van der Waals surface area contributed by atoms with Crippen LogP contribution in [0.4, 0.5) is 5.00 Å². The molecule has 0 saturated carbocycles. The summed E-state index contributed by atoms with van der Waals surface area (Å²) in [6, 6.07) is 7.76. The molecule has 24 heavy (non-hydrogen) atoms. The number of nitrogens with one attached hydrogen (secondary N) is 1. The van der Waals surface area contributed by atoms with Crippen LogP contribution in [0, 0.1) is 19.8 Å². The smallest absolute Gasteiger partial charge is 0.339 e. The Kier molecular flexibility index (Phi) is 5.78. The minimum Gasteiger partial charge on any atom is -0.478 e. The minimum atomic E-state index is -1.02. The fourth-order valence-electron chi connectivity index (χ4n) is 2.78. The number of hydrogen-bond donors (Lipinski definition) is 2. The van der Waals surface area contributed by atoms with Gasteiger partial charge in [-0.15, -0.1) is 11.3 Å². The zero-order valence-corrected chi connectivity index (χ0v) is 15.3. The number of rotatable bonds is 6. The highest BCUT2D eigenvalue weighted by molar-refractivity contribution is 7.17. The maximum absolute atomic E-state index is 12.4. The molecule has 0 fully saturated rings. The summed E-state index contributed by atoms with van der Waals surface area (Å²) >= 11 is 1.32. The molecule has 1 aromatic carbocycles. The van der Waals surface area contributed by atoms with Gasteiger partial charge in [-0.3, -0.25) is 4.79 Å². The van der Waals surface area contributed by atoms with Crippen molar-refractivity contribution in [2.24, 2.45) is 5.92 Å². The molecule has 0 bridgehead atoms. The lowest BCUT2D eigenvalue weighted by Crippen LogP contribution is -2.22. The van der Waals surface area contributed by atoms with Gasteiger partial charge in [0.1, 0.15) is 10.6 Å². The summed E-state index contributed by atoms with van der Waals surface area (Å²) in [5.74, 6) is -1.23. The molecule has 1 amide bonds. The molecule has 0 spiro atoms. The average molecular weight is 345 g/mol. The first-order chi connectivity index (χ1) is 11.4. The third kappa shape index (κ3) is 3.67. The van der Waals surface area contributed by atoms with Crippen LogP contribution in [0.25, 0.3) is 11.1 Å². The number of carboxylic acid groups (broad SMARTS) is 1. The number of benzene rings is 1. The first-order valence-electron chi connectivity index (χ1n) is 8.13. The summed E-state index contributed by atoms with van der Waals surface area (Å²) in [6.45, 7) is 7.80. The molecular formula is C19H23NO3S. The Bertz CT molecular complexity index is 743. The quantitative estimate of drug-likeness (QED) is 0.765. The number of carbonyl (C=O) groups excluding carboxylic acids is 1. The van der Waals surface area contributed by atoms with Gasteiger partial charge in [0.15, 0.2) is 0 Å². The van der Waals surface area contributed by atoms with Crippen LogP contribution in [0.3, 0.4) is 0 Å². The standard InChI is InChI=1S/C19H23NO3S/c1-5-13(6-2)17(21)20-18-16(19(22)23)15(12(4)24-18)14-9-7-11(3)8-10-14/h7-10,13H,5-6H2,1-4H3,(H,20,21)(H,22,23). The molecule has 0 aliphatic heterocycles. The lowest BCUT2D eigenvalue weighted by atomic mass is 10.00. The largest absolute Gasteiger partial charge is 0.478 e. The van der Waals surface area contributed by atoms with E-state index in [4.69, 9.17) is 0 Å². The Labute approximate surface area is 146 Å². The van der Waals surface area contributed by atoms with E-state index in [1.807, 2.05) is 52.0 Å². The van der Waals surface area contributed by atoms with Crippen LogP contribution in [0.15, 0.2) is 24.3 Å². The van der Waals surface area contributed by atoms with Gasteiger partial charge in [0.2, 0.25) is 5.91 Å². The van der Waals surface area contributed by atoms with Gasteiger partial charge in [0.05, 0.1) is 0 Å². The van der Waals surface area contributed by atoms with Crippen LogP contribution < -0.4 is 5.32 Å². The van der Waals surface area contributed by atoms with Gasteiger partial charge in [-0.05, 0) is 32.3 Å². The van der Waals surface area contributed by atoms with E-state index < -0.39 is 5.97 Å². The zero-order chi connectivity index (χ0) is 17.9. The fourth-order valence-corrected chi connectivity index (χ4v) is 3.85. The lowest BCUT2D eigenvalue weighted by molar-refractivity contribution is -0.120. The first kappa shape index (κ1) is 18.2. The molecule has 0 radical (unpaired) electrons. The van der Waals surface area contributed by atoms with Gasteiger partial charge < -0.3 is 10.4 Å². The molecular weight excluding hydrogens is 322 g/mol. The number of aryl methyl sites for hydroxylation is 2. The Hall–Kier alpha value is -2.14. The van der Waals surface area contributed by atoms with Gasteiger partial charge in [-0.1, -0.05) is 43.7 Å². The highest BCUT2D eigenvalue weighted by Gasteiger charge is 2.25. The van der Waals surface area contributed by atoms with Gasteiger partial charge in [-0.2, -0.15) is 0 Å². The molecule has 5 heteroatoms. The maximum Gasteiger partial charge on any atom is 0.339 e. The molecule has 1 aromatic heterocycles. The molecule has 0 aliphatic rings. The number of amides is 1. The van der Waals surface area contributed by atoms with Crippen LogP contribution in [0.1, 0.15) is 47.5 Å². The van der Waals surface area contributed by atoms with Crippen LogP contribution in [-0.4, -0.2) is 17.0 Å². The van der Waals surface area contributed by atoms with E-state index in [0.717, 1.165) is 28.8 Å². The van der Waals surface area contributed by atoms with Crippen molar-refractivity contribution in [1.29, 1.82) is 0 Å². The molecule has 0 atom stereocenters. The van der Waals surface area contributed by atoms with Gasteiger partial charge in [0, 0.05) is 16.4 Å². The van der Waals surface area contributed by atoms with Gasteiger partial charge in [0.25, 0.3) is 0 Å². The Morgan fingerprint density at radius 3 is 2.21 bits per heavy atom. The average Bonchev–Trinajstić information content (AvgIpc) is 2.85. The predicted molar refractivity (Wildman–Crippen MR) is 98.9 cm³/mol. The van der Waals surface area contributed by atoms with Crippen molar-refractivity contribution < 1.29 is 14.7 Å². The van der Waals surface area contributed by atoms with Crippen LogP contribution in [0.5, 0.6) is 0 Å². The number of thiophene rings is 1. The molecule has 0 saturated heterocycles. The SMILES string of the molecule is CCC(CC)C(=O)Nc1sc(C)c(-c2ccc(C)cc2)c1C(=O)O.